The van der Waals surface area contributed by atoms with E-state index in [9.17, 15) is 8.78 Å². The van der Waals surface area contributed by atoms with Gasteiger partial charge in [0.05, 0.1) is 0 Å². The summed E-state index contributed by atoms with van der Waals surface area (Å²) in [5.41, 5.74) is 0.569. The molecule has 1 aromatic rings. The predicted octanol–water partition coefficient (Wildman–Crippen LogP) is 1.98. The lowest BCUT2D eigenvalue weighted by atomic mass is 10.2. The number of pyridine rings is 1. The van der Waals surface area contributed by atoms with Gasteiger partial charge in [-0.15, -0.1) is 0 Å². The second kappa shape index (κ2) is 5.44. The van der Waals surface area contributed by atoms with Gasteiger partial charge >= 0.3 is 0 Å². The number of halogens is 2. The molecule has 0 unspecified atom stereocenters. The van der Waals surface area contributed by atoms with Gasteiger partial charge < -0.3 is 5.32 Å². The molecule has 1 heterocycles. The molecule has 14 heavy (non-hydrogen) atoms. The van der Waals surface area contributed by atoms with E-state index >= 15 is 0 Å². The third-order valence-corrected chi connectivity index (χ3v) is 1.69. The SMILES string of the molecule is CNCCC=Cc1cnc(F)c(F)c1. The van der Waals surface area contributed by atoms with E-state index in [0.717, 1.165) is 19.0 Å². The van der Waals surface area contributed by atoms with Crippen LogP contribution in [0.2, 0.25) is 0 Å². The molecule has 76 valence electrons. The van der Waals surface area contributed by atoms with Crippen molar-refractivity contribution in [3.8, 4) is 0 Å². The summed E-state index contributed by atoms with van der Waals surface area (Å²) < 4.78 is 25.1. The molecule has 0 amide bonds. The van der Waals surface area contributed by atoms with Crippen LogP contribution in [0.4, 0.5) is 8.78 Å². The molecular formula is C10H12F2N2. The van der Waals surface area contributed by atoms with Gasteiger partial charge in [-0.3, -0.25) is 0 Å². The van der Waals surface area contributed by atoms with E-state index in [1.54, 1.807) is 6.08 Å². The topological polar surface area (TPSA) is 24.9 Å². The van der Waals surface area contributed by atoms with E-state index in [2.05, 4.69) is 10.3 Å². The van der Waals surface area contributed by atoms with Crippen molar-refractivity contribution >= 4 is 6.08 Å². The molecule has 0 bridgehead atoms. The third kappa shape index (κ3) is 3.22. The minimum absolute atomic E-state index is 0.569. The van der Waals surface area contributed by atoms with Crippen molar-refractivity contribution in [1.29, 1.82) is 0 Å². The standard InChI is InChI=1S/C10H12F2N2/c1-13-5-3-2-4-8-6-9(11)10(12)14-7-8/h2,4,6-7,13H,3,5H2,1H3. The fourth-order valence-corrected chi connectivity index (χ4v) is 0.974. The molecule has 0 saturated heterocycles. The minimum Gasteiger partial charge on any atom is -0.319 e. The lowest BCUT2D eigenvalue weighted by molar-refractivity contribution is 0.479. The lowest BCUT2D eigenvalue weighted by Crippen LogP contribution is -2.05. The molecular weight excluding hydrogens is 186 g/mol. The summed E-state index contributed by atoms with van der Waals surface area (Å²) in [6.07, 6.45) is 5.74. The van der Waals surface area contributed by atoms with E-state index in [1.807, 2.05) is 13.1 Å². The quantitative estimate of drug-likeness (QED) is 0.591. The molecule has 0 aliphatic carbocycles. The zero-order valence-electron chi connectivity index (χ0n) is 7.93. The van der Waals surface area contributed by atoms with Crippen LogP contribution in [0.3, 0.4) is 0 Å². The van der Waals surface area contributed by atoms with Gasteiger partial charge in [-0.05, 0) is 31.6 Å². The Hall–Kier alpha value is -1.29. The highest BCUT2D eigenvalue weighted by Crippen LogP contribution is 2.07. The first-order valence-corrected chi connectivity index (χ1v) is 4.36. The van der Waals surface area contributed by atoms with Gasteiger partial charge in [-0.25, -0.2) is 9.37 Å². The Bertz CT molecular complexity index is 324. The van der Waals surface area contributed by atoms with E-state index in [1.165, 1.54) is 6.20 Å². The first-order chi connectivity index (χ1) is 6.74. The summed E-state index contributed by atoms with van der Waals surface area (Å²) in [4.78, 5) is 3.27. The normalized spacial score (nSPS) is 11.1. The van der Waals surface area contributed by atoms with Crippen molar-refractivity contribution in [2.45, 2.75) is 6.42 Å². The maximum absolute atomic E-state index is 12.7. The van der Waals surface area contributed by atoms with Crippen LogP contribution in [-0.4, -0.2) is 18.6 Å². The molecule has 0 radical (unpaired) electrons. The summed E-state index contributed by atoms with van der Waals surface area (Å²) >= 11 is 0. The molecule has 1 rings (SSSR count). The number of nitrogens with one attached hydrogen (secondary N) is 1. The average Bonchev–Trinajstić information content (AvgIpc) is 2.18. The summed E-state index contributed by atoms with van der Waals surface area (Å²) in [5, 5.41) is 2.97. The fraction of sp³-hybridized carbons (Fsp3) is 0.300. The summed E-state index contributed by atoms with van der Waals surface area (Å²) in [7, 11) is 1.85. The summed E-state index contributed by atoms with van der Waals surface area (Å²) in [6.45, 7) is 0.855. The Morgan fingerprint density at radius 2 is 2.29 bits per heavy atom. The highest BCUT2D eigenvalue weighted by molar-refractivity contribution is 5.47. The van der Waals surface area contributed by atoms with Gasteiger partial charge in [0.1, 0.15) is 0 Å². The van der Waals surface area contributed by atoms with Crippen molar-refractivity contribution in [2.75, 3.05) is 13.6 Å². The van der Waals surface area contributed by atoms with Gasteiger partial charge in [-0.2, -0.15) is 4.39 Å². The number of hydrogen-bond acceptors (Lipinski definition) is 2. The van der Waals surface area contributed by atoms with Crippen LogP contribution in [0.25, 0.3) is 6.08 Å². The van der Waals surface area contributed by atoms with Crippen molar-refractivity contribution in [3.63, 3.8) is 0 Å². The highest BCUT2D eigenvalue weighted by atomic mass is 19.2. The van der Waals surface area contributed by atoms with Gasteiger partial charge in [0.2, 0.25) is 5.95 Å². The Morgan fingerprint density at radius 1 is 1.50 bits per heavy atom. The van der Waals surface area contributed by atoms with Crippen LogP contribution in [-0.2, 0) is 0 Å². The number of hydrogen-bond donors (Lipinski definition) is 1. The molecule has 0 aliphatic heterocycles. The van der Waals surface area contributed by atoms with Crippen LogP contribution in [0.5, 0.6) is 0 Å². The molecule has 1 aromatic heterocycles. The van der Waals surface area contributed by atoms with Crippen LogP contribution >= 0.6 is 0 Å². The number of aromatic nitrogens is 1. The van der Waals surface area contributed by atoms with E-state index in [4.69, 9.17) is 0 Å². The van der Waals surface area contributed by atoms with Crippen LogP contribution < -0.4 is 5.32 Å². The van der Waals surface area contributed by atoms with E-state index in [-0.39, 0.29) is 0 Å². The molecule has 0 saturated carbocycles. The fourth-order valence-electron chi connectivity index (χ4n) is 0.974. The lowest BCUT2D eigenvalue weighted by Gasteiger charge is -1.95. The molecule has 0 spiro atoms. The molecule has 0 atom stereocenters. The second-order valence-electron chi connectivity index (χ2n) is 2.84. The Morgan fingerprint density at radius 3 is 2.93 bits per heavy atom. The van der Waals surface area contributed by atoms with Crippen molar-refractivity contribution in [3.05, 3.63) is 35.7 Å². The van der Waals surface area contributed by atoms with Crippen LogP contribution in [0, 0.1) is 11.8 Å². The third-order valence-electron chi connectivity index (χ3n) is 1.69. The monoisotopic (exact) mass is 198 g/mol. The smallest absolute Gasteiger partial charge is 0.248 e. The van der Waals surface area contributed by atoms with Gasteiger partial charge in [-0.1, -0.05) is 12.2 Å². The number of nitrogens with zero attached hydrogens (tertiary/aromatic N) is 1. The van der Waals surface area contributed by atoms with Crippen LogP contribution in [0.1, 0.15) is 12.0 Å². The van der Waals surface area contributed by atoms with E-state index in [0.29, 0.717) is 5.56 Å². The highest BCUT2D eigenvalue weighted by Gasteiger charge is 2.01. The second-order valence-corrected chi connectivity index (χ2v) is 2.84. The Kier molecular flexibility index (Phi) is 4.19. The van der Waals surface area contributed by atoms with Gasteiger partial charge in [0.15, 0.2) is 5.82 Å². The molecule has 0 aromatic carbocycles. The first kappa shape index (κ1) is 10.8. The van der Waals surface area contributed by atoms with Crippen molar-refractivity contribution in [1.82, 2.24) is 10.3 Å². The predicted molar refractivity (Wildman–Crippen MR) is 51.7 cm³/mol. The average molecular weight is 198 g/mol. The zero-order chi connectivity index (χ0) is 10.4. The van der Waals surface area contributed by atoms with Crippen molar-refractivity contribution < 1.29 is 8.78 Å². The maximum Gasteiger partial charge on any atom is 0.248 e. The maximum atomic E-state index is 12.7. The summed E-state index contributed by atoms with van der Waals surface area (Å²) in [5.74, 6) is -1.97. The first-order valence-electron chi connectivity index (χ1n) is 4.36. The number of rotatable bonds is 4. The van der Waals surface area contributed by atoms with Gasteiger partial charge in [0.25, 0.3) is 0 Å². The molecule has 2 nitrogen and oxygen atoms in total. The minimum atomic E-state index is -1.06. The Labute approximate surface area is 81.7 Å². The molecule has 0 fully saturated rings. The molecule has 1 N–H and O–H groups in total. The summed E-state index contributed by atoms with van der Waals surface area (Å²) in [6, 6.07) is 1.12. The zero-order valence-corrected chi connectivity index (χ0v) is 7.93. The van der Waals surface area contributed by atoms with Crippen LogP contribution in [0.15, 0.2) is 18.3 Å². The largest absolute Gasteiger partial charge is 0.319 e. The molecule has 4 heteroatoms. The molecule has 0 aliphatic rings. The Balaban J connectivity index is 2.59. The van der Waals surface area contributed by atoms with E-state index < -0.39 is 11.8 Å². The van der Waals surface area contributed by atoms with Crippen molar-refractivity contribution in [2.24, 2.45) is 0 Å². The van der Waals surface area contributed by atoms with Gasteiger partial charge in [0, 0.05) is 6.20 Å².